The molecule has 0 atom stereocenters. The zero-order valence-corrected chi connectivity index (χ0v) is 11.9. The normalized spacial score (nSPS) is 9.95. The molecule has 2 aromatic rings. The second kappa shape index (κ2) is 6.66. The number of hydrogen-bond acceptors (Lipinski definition) is 5. The average Bonchev–Trinajstić information content (AvgIpc) is 2.98. The van der Waals surface area contributed by atoms with Gasteiger partial charge in [-0.1, -0.05) is 0 Å². The van der Waals surface area contributed by atoms with Crippen LogP contribution in [0.2, 0.25) is 0 Å². The molecule has 0 saturated heterocycles. The van der Waals surface area contributed by atoms with Crippen LogP contribution >= 0.6 is 12.2 Å². The molecule has 3 N–H and O–H groups in total. The predicted octanol–water partition coefficient (Wildman–Crippen LogP) is 1.81. The van der Waals surface area contributed by atoms with Gasteiger partial charge < -0.3 is 15.4 Å². The van der Waals surface area contributed by atoms with Gasteiger partial charge in [-0.05, 0) is 24.4 Å². The third kappa shape index (κ3) is 3.89. The van der Waals surface area contributed by atoms with E-state index in [9.17, 15) is 10.1 Å². The summed E-state index contributed by atoms with van der Waals surface area (Å²) in [5.74, 6) is 0.342. The number of H-pyrrole nitrogens is 1. The van der Waals surface area contributed by atoms with Gasteiger partial charge in [-0.25, -0.2) is 0 Å². The summed E-state index contributed by atoms with van der Waals surface area (Å²) in [6.45, 7) is 0.487. The Balaban J connectivity index is 2.01. The number of benzene rings is 1. The lowest BCUT2D eigenvalue weighted by molar-refractivity contribution is -0.384. The first kappa shape index (κ1) is 14.7. The van der Waals surface area contributed by atoms with Crippen LogP contribution in [0.25, 0.3) is 0 Å². The van der Waals surface area contributed by atoms with Gasteiger partial charge in [0.2, 0.25) is 0 Å². The number of non-ortho nitro benzene ring substituents is 1. The second-order valence-corrected chi connectivity index (χ2v) is 4.44. The molecule has 0 spiro atoms. The molecule has 0 radical (unpaired) electrons. The maximum Gasteiger partial charge on any atom is 0.273 e. The van der Waals surface area contributed by atoms with Gasteiger partial charge in [-0.2, -0.15) is 5.10 Å². The molecular weight excluding hydrogens is 294 g/mol. The third-order valence-electron chi connectivity index (χ3n) is 2.64. The summed E-state index contributed by atoms with van der Waals surface area (Å²) in [5, 5.41) is 23.6. The topological polar surface area (TPSA) is 105 Å². The molecule has 8 nitrogen and oxygen atoms in total. The van der Waals surface area contributed by atoms with Crippen molar-refractivity contribution in [3.8, 4) is 5.75 Å². The summed E-state index contributed by atoms with van der Waals surface area (Å²) in [7, 11) is 1.44. The highest BCUT2D eigenvalue weighted by Crippen LogP contribution is 2.28. The van der Waals surface area contributed by atoms with Crippen molar-refractivity contribution >= 4 is 28.7 Å². The first-order valence-corrected chi connectivity index (χ1v) is 6.36. The molecule has 0 aliphatic heterocycles. The van der Waals surface area contributed by atoms with Crippen molar-refractivity contribution in [2.24, 2.45) is 0 Å². The van der Waals surface area contributed by atoms with Crippen molar-refractivity contribution in [3.05, 3.63) is 46.3 Å². The molecule has 110 valence electrons. The molecule has 0 aliphatic rings. The van der Waals surface area contributed by atoms with Gasteiger partial charge in [0.1, 0.15) is 5.75 Å². The van der Waals surface area contributed by atoms with E-state index in [1.165, 1.54) is 19.2 Å². The SMILES string of the molecule is COc1cc([N+](=O)[O-])ccc1NC(=S)NCc1ccn[nH]1. The number of nitro groups is 1. The van der Waals surface area contributed by atoms with Crippen LogP contribution in [-0.2, 0) is 6.54 Å². The Kier molecular flexibility index (Phi) is 4.67. The van der Waals surface area contributed by atoms with Crippen LogP contribution in [0.5, 0.6) is 5.75 Å². The Morgan fingerprint density at radius 2 is 2.33 bits per heavy atom. The minimum atomic E-state index is -0.485. The van der Waals surface area contributed by atoms with E-state index in [1.807, 2.05) is 6.07 Å². The summed E-state index contributed by atoms with van der Waals surface area (Å²) in [6.07, 6.45) is 1.65. The lowest BCUT2D eigenvalue weighted by atomic mass is 10.2. The highest BCUT2D eigenvalue weighted by Gasteiger charge is 2.12. The van der Waals surface area contributed by atoms with Crippen molar-refractivity contribution in [3.63, 3.8) is 0 Å². The van der Waals surface area contributed by atoms with E-state index in [0.717, 1.165) is 5.69 Å². The number of ether oxygens (including phenoxy) is 1. The number of nitro benzene ring substituents is 1. The van der Waals surface area contributed by atoms with Crippen LogP contribution in [0.3, 0.4) is 0 Å². The smallest absolute Gasteiger partial charge is 0.273 e. The fraction of sp³-hybridized carbons (Fsp3) is 0.167. The number of hydrogen-bond donors (Lipinski definition) is 3. The molecule has 0 saturated carbocycles. The third-order valence-corrected chi connectivity index (χ3v) is 2.89. The van der Waals surface area contributed by atoms with Crippen LogP contribution < -0.4 is 15.4 Å². The molecule has 1 aromatic heterocycles. The molecule has 21 heavy (non-hydrogen) atoms. The number of aromatic amines is 1. The van der Waals surface area contributed by atoms with Crippen LogP contribution in [0, 0.1) is 10.1 Å². The van der Waals surface area contributed by atoms with Crippen LogP contribution in [0.4, 0.5) is 11.4 Å². The second-order valence-electron chi connectivity index (χ2n) is 4.03. The maximum absolute atomic E-state index is 10.7. The predicted molar refractivity (Wildman–Crippen MR) is 81.3 cm³/mol. The Hall–Kier alpha value is -2.68. The summed E-state index contributed by atoms with van der Waals surface area (Å²) in [6, 6.07) is 6.07. The summed E-state index contributed by atoms with van der Waals surface area (Å²) in [4.78, 5) is 10.2. The van der Waals surface area contributed by atoms with Crippen molar-refractivity contribution in [2.45, 2.75) is 6.54 Å². The number of rotatable bonds is 5. The lowest BCUT2D eigenvalue weighted by Gasteiger charge is -2.12. The Labute approximate surface area is 125 Å². The monoisotopic (exact) mass is 307 g/mol. The van der Waals surface area contributed by atoms with Gasteiger partial charge in [0.25, 0.3) is 5.69 Å². The number of nitrogens with zero attached hydrogens (tertiary/aromatic N) is 2. The first-order valence-electron chi connectivity index (χ1n) is 5.95. The summed E-state index contributed by atoms with van der Waals surface area (Å²) >= 11 is 5.16. The van der Waals surface area contributed by atoms with E-state index < -0.39 is 4.92 Å². The summed E-state index contributed by atoms with van der Waals surface area (Å²) in [5.41, 5.74) is 1.38. The van der Waals surface area contributed by atoms with E-state index in [-0.39, 0.29) is 5.69 Å². The van der Waals surface area contributed by atoms with Crippen LogP contribution in [0.15, 0.2) is 30.5 Å². The number of anilines is 1. The molecule has 0 bridgehead atoms. The summed E-state index contributed by atoms with van der Waals surface area (Å²) < 4.78 is 5.12. The van der Waals surface area contributed by atoms with E-state index in [1.54, 1.807) is 12.3 Å². The lowest BCUT2D eigenvalue weighted by Crippen LogP contribution is -2.28. The largest absolute Gasteiger partial charge is 0.494 e. The molecule has 0 aliphatic carbocycles. The fourth-order valence-electron chi connectivity index (χ4n) is 1.62. The standard InChI is InChI=1S/C12H13N5O3S/c1-20-11-6-9(17(18)19)2-3-10(11)15-12(21)13-7-8-4-5-14-16-8/h2-6H,7H2,1H3,(H,14,16)(H2,13,15,21). The number of methoxy groups -OCH3 is 1. The maximum atomic E-state index is 10.7. The zero-order chi connectivity index (χ0) is 15.2. The highest BCUT2D eigenvalue weighted by molar-refractivity contribution is 7.80. The number of nitrogens with one attached hydrogen (secondary N) is 3. The van der Waals surface area contributed by atoms with Crippen LogP contribution in [-0.4, -0.2) is 27.3 Å². The molecule has 9 heteroatoms. The average molecular weight is 307 g/mol. The Morgan fingerprint density at radius 1 is 1.52 bits per heavy atom. The molecule has 2 rings (SSSR count). The van der Waals surface area contributed by atoms with Gasteiger partial charge in [0.15, 0.2) is 5.11 Å². The Bertz CT molecular complexity index is 644. The minimum Gasteiger partial charge on any atom is -0.494 e. The fourth-order valence-corrected chi connectivity index (χ4v) is 1.80. The van der Waals surface area contributed by atoms with E-state index >= 15 is 0 Å². The van der Waals surface area contributed by atoms with Crippen molar-refractivity contribution in [1.82, 2.24) is 15.5 Å². The van der Waals surface area contributed by atoms with Gasteiger partial charge in [-0.3, -0.25) is 15.2 Å². The zero-order valence-electron chi connectivity index (χ0n) is 11.1. The quantitative estimate of drug-likeness (QED) is 0.439. The molecule has 0 amide bonds. The van der Waals surface area contributed by atoms with Gasteiger partial charge in [-0.15, -0.1) is 0 Å². The molecule has 1 aromatic carbocycles. The highest BCUT2D eigenvalue weighted by atomic mass is 32.1. The van der Waals surface area contributed by atoms with Gasteiger partial charge in [0.05, 0.1) is 36.0 Å². The molecule has 0 fully saturated rings. The van der Waals surface area contributed by atoms with Crippen molar-refractivity contribution < 1.29 is 9.66 Å². The number of aromatic nitrogens is 2. The Morgan fingerprint density at radius 3 is 2.95 bits per heavy atom. The minimum absolute atomic E-state index is 0.0475. The van der Waals surface area contributed by atoms with E-state index in [2.05, 4.69) is 20.8 Å². The van der Waals surface area contributed by atoms with Gasteiger partial charge >= 0.3 is 0 Å². The van der Waals surface area contributed by atoms with Crippen molar-refractivity contribution in [1.29, 1.82) is 0 Å². The van der Waals surface area contributed by atoms with E-state index in [0.29, 0.717) is 23.1 Å². The van der Waals surface area contributed by atoms with E-state index in [4.69, 9.17) is 17.0 Å². The molecular formula is C12H13N5O3S. The van der Waals surface area contributed by atoms with Gasteiger partial charge in [0, 0.05) is 12.3 Å². The molecule has 1 heterocycles. The van der Waals surface area contributed by atoms with Crippen LogP contribution in [0.1, 0.15) is 5.69 Å². The number of thiocarbonyl (C=S) groups is 1. The first-order chi connectivity index (χ1) is 10.1. The van der Waals surface area contributed by atoms with Crippen molar-refractivity contribution in [2.75, 3.05) is 12.4 Å². The molecule has 0 unspecified atom stereocenters.